The van der Waals surface area contributed by atoms with Gasteiger partial charge in [-0.1, -0.05) is 33.3 Å². The van der Waals surface area contributed by atoms with Crippen LogP contribution in [0.3, 0.4) is 0 Å². The summed E-state index contributed by atoms with van der Waals surface area (Å²) < 4.78 is 4.92. The highest BCUT2D eigenvalue weighted by Crippen LogP contribution is 2.21. The predicted molar refractivity (Wildman–Crippen MR) is 114 cm³/mol. The zero-order valence-corrected chi connectivity index (χ0v) is 18.9. The van der Waals surface area contributed by atoms with Gasteiger partial charge in [-0.15, -0.1) is 0 Å². The van der Waals surface area contributed by atoms with Crippen molar-refractivity contribution >= 4 is 17.8 Å². The first-order valence-electron chi connectivity index (χ1n) is 10.9. The lowest BCUT2D eigenvalue weighted by Gasteiger charge is -2.39. The number of hydrogen-bond donors (Lipinski definition) is 2. The van der Waals surface area contributed by atoms with Crippen molar-refractivity contribution in [3.63, 3.8) is 0 Å². The molecule has 1 rings (SSSR count). The lowest BCUT2D eigenvalue weighted by molar-refractivity contribution is -0.138. The van der Waals surface area contributed by atoms with E-state index in [1.54, 1.807) is 19.9 Å². The van der Waals surface area contributed by atoms with Crippen molar-refractivity contribution in [2.75, 3.05) is 19.7 Å². The number of nitrogens with zero attached hydrogens (tertiary/aromatic N) is 1. The molecule has 166 valence electrons. The number of amides is 2. The first kappa shape index (κ1) is 25.1. The Bertz CT molecular complexity index is 589. The molecule has 1 heterocycles. The Morgan fingerprint density at radius 1 is 1.17 bits per heavy atom. The molecule has 0 bridgehead atoms. The highest BCUT2D eigenvalue weighted by Gasteiger charge is 2.34. The Kier molecular flexibility index (Phi) is 10.9. The minimum absolute atomic E-state index is 0.0466. The molecular formula is C22H39N3O4. The van der Waals surface area contributed by atoms with Crippen molar-refractivity contribution in [1.29, 1.82) is 0 Å². The molecule has 0 saturated carbocycles. The molecule has 0 aromatic carbocycles. The molecule has 2 amide bonds. The van der Waals surface area contributed by atoms with Crippen LogP contribution in [0, 0.1) is 5.92 Å². The molecule has 3 unspecified atom stereocenters. The molecule has 0 spiro atoms. The van der Waals surface area contributed by atoms with Gasteiger partial charge < -0.3 is 15.4 Å². The summed E-state index contributed by atoms with van der Waals surface area (Å²) in [7, 11) is 0. The van der Waals surface area contributed by atoms with Crippen LogP contribution in [0.1, 0.15) is 67.2 Å². The molecular weight excluding hydrogens is 370 g/mol. The number of carbonyl (C=O) groups excluding carboxylic acids is 3. The molecule has 1 fully saturated rings. The van der Waals surface area contributed by atoms with Gasteiger partial charge in [0.25, 0.3) is 0 Å². The lowest BCUT2D eigenvalue weighted by atomic mass is 9.97. The molecule has 3 atom stereocenters. The number of likely N-dealkylation sites (tertiary alicyclic amines) is 1. The maximum absolute atomic E-state index is 13.0. The highest BCUT2D eigenvalue weighted by molar-refractivity contribution is 5.90. The van der Waals surface area contributed by atoms with Crippen LogP contribution in [0.4, 0.5) is 0 Å². The number of esters is 1. The van der Waals surface area contributed by atoms with Crippen molar-refractivity contribution in [2.24, 2.45) is 5.92 Å². The van der Waals surface area contributed by atoms with Crippen LogP contribution in [-0.4, -0.2) is 60.5 Å². The normalized spacial score (nSPS) is 20.1. The van der Waals surface area contributed by atoms with E-state index in [4.69, 9.17) is 4.74 Å². The summed E-state index contributed by atoms with van der Waals surface area (Å²) in [5, 5.41) is 5.77. The number of piperidine rings is 1. The van der Waals surface area contributed by atoms with Crippen LogP contribution in [0.2, 0.25) is 0 Å². The minimum atomic E-state index is -0.612. The van der Waals surface area contributed by atoms with E-state index in [1.807, 2.05) is 13.8 Å². The van der Waals surface area contributed by atoms with E-state index in [1.165, 1.54) is 0 Å². The monoisotopic (exact) mass is 409 g/mol. The fourth-order valence-electron chi connectivity index (χ4n) is 3.52. The van der Waals surface area contributed by atoms with E-state index in [-0.39, 0.29) is 30.3 Å². The van der Waals surface area contributed by atoms with Crippen LogP contribution < -0.4 is 10.6 Å². The number of carbonyl (C=O) groups is 3. The molecule has 29 heavy (non-hydrogen) atoms. The topological polar surface area (TPSA) is 87.7 Å². The van der Waals surface area contributed by atoms with Gasteiger partial charge in [0.2, 0.25) is 11.8 Å². The van der Waals surface area contributed by atoms with Crippen molar-refractivity contribution in [2.45, 2.75) is 85.4 Å². The molecule has 0 aliphatic carbocycles. The molecule has 0 aromatic heterocycles. The molecule has 0 radical (unpaired) electrons. The first-order valence-corrected chi connectivity index (χ1v) is 10.9. The van der Waals surface area contributed by atoms with Gasteiger partial charge in [-0.2, -0.15) is 0 Å². The summed E-state index contributed by atoms with van der Waals surface area (Å²) in [6, 6.07) is -0.452. The standard InChI is InChI=1S/C22H39N3O4/c1-7-17(6)25-14-10-9-11-18(25)20(26)24-19(15(3)4)21(27)23-13-12-16(5)22(28)29-8-2/h12,15,17-19H,7-11,13-14H2,1-6H3,(H,23,27)(H,24,26)/b16-12+. The predicted octanol–water partition coefficient (Wildman–Crippen LogP) is 2.41. The molecule has 1 aliphatic rings. The van der Waals surface area contributed by atoms with E-state index >= 15 is 0 Å². The summed E-state index contributed by atoms with van der Waals surface area (Å²) in [4.78, 5) is 39.5. The summed E-state index contributed by atoms with van der Waals surface area (Å²) in [6.45, 7) is 13.0. The summed E-state index contributed by atoms with van der Waals surface area (Å²) >= 11 is 0. The van der Waals surface area contributed by atoms with Gasteiger partial charge in [-0.3, -0.25) is 14.5 Å². The van der Waals surface area contributed by atoms with Crippen LogP contribution in [-0.2, 0) is 19.1 Å². The Labute approximate surface area is 175 Å². The SMILES string of the molecule is CCOC(=O)/C(C)=C/CNC(=O)C(NC(=O)C1CCCCN1C(C)CC)C(C)C. The van der Waals surface area contributed by atoms with Crippen LogP contribution in [0.5, 0.6) is 0 Å². The van der Waals surface area contributed by atoms with Crippen molar-refractivity contribution in [1.82, 2.24) is 15.5 Å². The molecule has 7 nitrogen and oxygen atoms in total. The Hall–Kier alpha value is -1.89. The van der Waals surface area contributed by atoms with E-state index in [0.29, 0.717) is 18.2 Å². The van der Waals surface area contributed by atoms with Crippen molar-refractivity contribution in [3.05, 3.63) is 11.6 Å². The van der Waals surface area contributed by atoms with Crippen LogP contribution in [0.25, 0.3) is 0 Å². The highest BCUT2D eigenvalue weighted by atomic mass is 16.5. The Morgan fingerprint density at radius 3 is 2.45 bits per heavy atom. The van der Waals surface area contributed by atoms with Gasteiger partial charge in [0.15, 0.2) is 0 Å². The Balaban J connectivity index is 2.71. The average molecular weight is 410 g/mol. The van der Waals surface area contributed by atoms with Crippen LogP contribution >= 0.6 is 0 Å². The van der Waals surface area contributed by atoms with E-state index < -0.39 is 12.0 Å². The number of nitrogens with one attached hydrogen (secondary N) is 2. The van der Waals surface area contributed by atoms with E-state index in [0.717, 1.165) is 32.2 Å². The quantitative estimate of drug-likeness (QED) is 0.427. The molecule has 1 saturated heterocycles. The maximum atomic E-state index is 13.0. The number of ether oxygens (including phenoxy) is 1. The van der Waals surface area contributed by atoms with Gasteiger partial charge in [-0.05, 0) is 52.5 Å². The Morgan fingerprint density at radius 2 is 1.86 bits per heavy atom. The number of rotatable bonds is 10. The molecule has 2 N–H and O–H groups in total. The second-order valence-electron chi connectivity index (χ2n) is 8.09. The summed E-state index contributed by atoms with van der Waals surface area (Å²) in [6.07, 6.45) is 5.57. The zero-order chi connectivity index (χ0) is 22.0. The third-order valence-electron chi connectivity index (χ3n) is 5.53. The molecule has 1 aliphatic heterocycles. The maximum Gasteiger partial charge on any atom is 0.333 e. The van der Waals surface area contributed by atoms with Gasteiger partial charge in [0.05, 0.1) is 12.6 Å². The van der Waals surface area contributed by atoms with Crippen LogP contribution in [0.15, 0.2) is 11.6 Å². The third kappa shape index (κ3) is 7.80. The van der Waals surface area contributed by atoms with Gasteiger partial charge in [0.1, 0.15) is 6.04 Å². The van der Waals surface area contributed by atoms with Gasteiger partial charge in [0, 0.05) is 18.2 Å². The molecule has 7 heteroatoms. The first-order chi connectivity index (χ1) is 13.7. The van der Waals surface area contributed by atoms with E-state index in [9.17, 15) is 14.4 Å². The van der Waals surface area contributed by atoms with Gasteiger partial charge in [-0.25, -0.2) is 4.79 Å². The number of hydrogen-bond acceptors (Lipinski definition) is 5. The fraction of sp³-hybridized carbons (Fsp3) is 0.773. The second kappa shape index (κ2) is 12.6. The van der Waals surface area contributed by atoms with Gasteiger partial charge >= 0.3 is 5.97 Å². The van der Waals surface area contributed by atoms with Crippen molar-refractivity contribution in [3.8, 4) is 0 Å². The van der Waals surface area contributed by atoms with E-state index in [2.05, 4.69) is 29.4 Å². The largest absolute Gasteiger partial charge is 0.463 e. The minimum Gasteiger partial charge on any atom is -0.463 e. The fourth-order valence-corrected chi connectivity index (χ4v) is 3.52. The average Bonchev–Trinajstić information content (AvgIpc) is 2.70. The molecule has 0 aromatic rings. The lowest BCUT2D eigenvalue weighted by Crippen LogP contribution is -2.57. The van der Waals surface area contributed by atoms with Crippen molar-refractivity contribution < 1.29 is 19.1 Å². The second-order valence-corrected chi connectivity index (χ2v) is 8.09. The summed E-state index contributed by atoms with van der Waals surface area (Å²) in [5.41, 5.74) is 0.448. The smallest absolute Gasteiger partial charge is 0.333 e. The summed E-state index contributed by atoms with van der Waals surface area (Å²) in [5.74, 6) is -0.753. The zero-order valence-electron chi connectivity index (χ0n) is 18.9. The third-order valence-corrected chi connectivity index (χ3v) is 5.53.